The van der Waals surface area contributed by atoms with Crippen molar-refractivity contribution < 1.29 is 5.11 Å². The first-order valence-corrected chi connectivity index (χ1v) is 7.99. The summed E-state index contributed by atoms with van der Waals surface area (Å²) in [7, 11) is 0. The molecule has 0 aromatic rings. The van der Waals surface area contributed by atoms with Gasteiger partial charge in [0.05, 0.1) is 6.10 Å². The molecule has 0 saturated heterocycles. The van der Waals surface area contributed by atoms with E-state index in [1.807, 2.05) is 0 Å². The predicted octanol–water partition coefficient (Wildman–Crippen LogP) is 4.64. The van der Waals surface area contributed by atoms with E-state index in [1.54, 1.807) is 0 Å². The third-order valence-electron chi connectivity index (χ3n) is 6.59. The summed E-state index contributed by atoms with van der Waals surface area (Å²) in [5, 5.41) is 10.3. The number of aliphatic hydroxyl groups is 1. The fraction of sp³-hybridized carbons (Fsp3) is 1.00. The molecule has 0 aromatic carbocycles. The Morgan fingerprint density at radius 2 is 1.83 bits per heavy atom. The smallest absolute Gasteiger partial charge is 0.0594 e. The largest absolute Gasteiger partial charge is 0.393 e. The Hall–Kier alpha value is -0.0400. The highest BCUT2D eigenvalue weighted by Gasteiger charge is 2.53. The van der Waals surface area contributed by atoms with Crippen LogP contribution in [0.15, 0.2) is 0 Å². The van der Waals surface area contributed by atoms with Crippen molar-refractivity contribution in [1.82, 2.24) is 0 Å². The van der Waals surface area contributed by atoms with Gasteiger partial charge in [0.25, 0.3) is 0 Å². The molecule has 2 aliphatic carbocycles. The average Bonchev–Trinajstić information content (AvgIpc) is 2.33. The second-order valence-electron chi connectivity index (χ2n) is 8.01. The first-order valence-electron chi connectivity index (χ1n) is 7.99. The fourth-order valence-corrected chi connectivity index (χ4v) is 5.01. The normalized spacial score (nSPS) is 45.3. The molecule has 18 heavy (non-hydrogen) atoms. The highest BCUT2D eigenvalue weighted by molar-refractivity contribution is 5.02. The molecule has 2 fully saturated rings. The molecule has 0 aromatic heterocycles. The monoisotopic (exact) mass is 252 g/mol. The van der Waals surface area contributed by atoms with E-state index in [4.69, 9.17) is 0 Å². The van der Waals surface area contributed by atoms with Crippen LogP contribution in [0.25, 0.3) is 0 Å². The molecule has 2 rings (SSSR count). The van der Waals surface area contributed by atoms with Crippen LogP contribution in [-0.2, 0) is 0 Å². The summed E-state index contributed by atoms with van der Waals surface area (Å²) < 4.78 is 0. The maximum absolute atomic E-state index is 10.3. The van der Waals surface area contributed by atoms with E-state index in [2.05, 4.69) is 34.6 Å². The summed E-state index contributed by atoms with van der Waals surface area (Å²) in [6.45, 7) is 11.8. The van der Waals surface area contributed by atoms with Gasteiger partial charge in [-0.3, -0.25) is 0 Å². The van der Waals surface area contributed by atoms with Crippen LogP contribution in [0.3, 0.4) is 0 Å². The topological polar surface area (TPSA) is 20.2 Å². The standard InChI is InChI=1S/C17H32O/c1-6-12(2)13-7-8-14-16(3,4)15(18)9-10-17(14,5)11-13/h12-15,18H,6-11H2,1-5H3. The molecule has 0 aliphatic heterocycles. The van der Waals surface area contributed by atoms with Crippen molar-refractivity contribution in [3.63, 3.8) is 0 Å². The van der Waals surface area contributed by atoms with Gasteiger partial charge in [0, 0.05) is 0 Å². The number of hydrogen-bond acceptors (Lipinski definition) is 1. The maximum atomic E-state index is 10.3. The van der Waals surface area contributed by atoms with Crippen LogP contribution in [0.1, 0.15) is 73.1 Å². The molecule has 2 aliphatic rings. The van der Waals surface area contributed by atoms with E-state index >= 15 is 0 Å². The van der Waals surface area contributed by atoms with Crippen molar-refractivity contribution in [2.24, 2.45) is 28.6 Å². The summed E-state index contributed by atoms with van der Waals surface area (Å²) in [5.41, 5.74) is 0.600. The Kier molecular flexibility index (Phi) is 3.84. The second-order valence-corrected chi connectivity index (χ2v) is 8.01. The lowest BCUT2D eigenvalue weighted by Gasteiger charge is -2.57. The van der Waals surface area contributed by atoms with E-state index in [-0.39, 0.29) is 11.5 Å². The highest BCUT2D eigenvalue weighted by atomic mass is 16.3. The first kappa shape index (κ1) is 14.4. The van der Waals surface area contributed by atoms with Crippen molar-refractivity contribution in [3.8, 4) is 0 Å². The van der Waals surface area contributed by atoms with E-state index in [0.717, 1.165) is 18.3 Å². The van der Waals surface area contributed by atoms with Crippen LogP contribution in [0, 0.1) is 28.6 Å². The quantitative estimate of drug-likeness (QED) is 0.759. The van der Waals surface area contributed by atoms with Gasteiger partial charge in [-0.05, 0) is 60.7 Å². The number of rotatable bonds is 2. The van der Waals surface area contributed by atoms with E-state index in [1.165, 1.54) is 32.1 Å². The molecule has 5 unspecified atom stereocenters. The van der Waals surface area contributed by atoms with E-state index < -0.39 is 0 Å². The molecule has 2 saturated carbocycles. The minimum absolute atomic E-state index is 0.0873. The van der Waals surface area contributed by atoms with Gasteiger partial charge in [-0.25, -0.2) is 0 Å². The summed E-state index contributed by atoms with van der Waals surface area (Å²) in [6.07, 6.45) is 7.57. The Morgan fingerprint density at radius 3 is 2.44 bits per heavy atom. The van der Waals surface area contributed by atoms with E-state index in [0.29, 0.717) is 11.3 Å². The van der Waals surface area contributed by atoms with Gasteiger partial charge in [-0.15, -0.1) is 0 Å². The minimum atomic E-state index is -0.0873. The Morgan fingerprint density at radius 1 is 1.17 bits per heavy atom. The lowest BCUT2D eigenvalue weighted by atomic mass is 9.48. The van der Waals surface area contributed by atoms with Gasteiger partial charge in [0.1, 0.15) is 0 Å². The maximum Gasteiger partial charge on any atom is 0.0594 e. The second kappa shape index (κ2) is 4.81. The Bertz CT molecular complexity index is 296. The van der Waals surface area contributed by atoms with Crippen molar-refractivity contribution in [3.05, 3.63) is 0 Å². The summed E-state index contributed by atoms with van der Waals surface area (Å²) in [4.78, 5) is 0. The Balaban J connectivity index is 2.16. The van der Waals surface area contributed by atoms with Gasteiger partial charge in [-0.2, -0.15) is 0 Å². The van der Waals surface area contributed by atoms with Gasteiger partial charge in [-0.1, -0.05) is 41.0 Å². The van der Waals surface area contributed by atoms with Crippen LogP contribution >= 0.6 is 0 Å². The van der Waals surface area contributed by atoms with Crippen molar-refractivity contribution in [1.29, 1.82) is 0 Å². The zero-order valence-corrected chi connectivity index (χ0v) is 13.0. The van der Waals surface area contributed by atoms with Crippen LogP contribution in [-0.4, -0.2) is 11.2 Å². The summed E-state index contributed by atoms with van der Waals surface area (Å²) in [6, 6.07) is 0. The Labute approximate surface area is 113 Å². The van der Waals surface area contributed by atoms with Crippen LogP contribution in [0.5, 0.6) is 0 Å². The molecular formula is C17H32O. The molecule has 0 radical (unpaired) electrons. The van der Waals surface area contributed by atoms with Crippen molar-refractivity contribution in [2.75, 3.05) is 0 Å². The van der Waals surface area contributed by atoms with E-state index in [9.17, 15) is 5.11 Å². The number of fused-ring (bicyclic) bond motifs is 1. The van der Waals surface area contributed by atoms with Crippen LogP contribution in [0.4, 0.5) is 0 Å². The molecule has 1 N–H and O–H groups in total. The molecule has 0 heterocycles. The van der Waals surface area contributed by atoms with Gasteiger partial charge in [0.15, 0.2) is 0 Å². The molecule has 1 heteroatoms. The predicted molar refractivity (Wildman–Crippen MR) is 77.4 cm³/mol. The molecule has 106 valence electrons. The number of hydrogen-bond donors (Lipinski definition) is 1. The highest BCUT2D eigenvalue weighted by Crippen LogP contribution is 2.59. The fourth-order valence-electron chi connectivity index (χ4n) is 5.01. The third-order valence-corrected chi connectivity index (χ3v) is 6.59. The molecular weight excluding hydrogens is 220 g/mol. The molecule has 1 nitrogen and oxygen atoms in total. The molecule has 0 bridgehead atoms. The number of aliphatic hydroxyl groups excluding tert-OH is 1. The molecule has 0 amide bonds. The van der Waals surface area contributed by atoms with Gasteiger partial charge < -0.3 is 5.11 Å². The summed E-state index contributed by atoms with van der Waals surface area (Å²) >= 11 is 0. The SMILES string of the molecule is CCC(C)C1CCC2C(C)(CCC(O)C2(C)C)C1. The zero-order chi connectivity index (χ0) is 13.6. The lowest BCUT2D eigenvalue weighted by Crippen LogP contribution is -2.52. The average molecular weight is 252 g/mol. The summed E-state index contributed by atoms with van der Waals surface area (Å²) in [5.74, 6) is 2.51. The first-order chi connectivity index (χ1) is 8.31. The van der Waals surface area contributed by atoms with Gasteiger partial charge in [0.2, 0.25) is 0 Å². The lowest BCUT2D eigenvalue weighted by molar-refractivity contribution is -0.125. The van der Waals surface area contributed by atoms with Crippen LogP contribution < -0.4 is 0 Å². The van der Waals surface area contributed by atoms with Gasteiger partial charge >= 0.3 is 0 Å². The molecule has 0 spiro atoms. The molecule has 5 atom stereocenters. The zero-order valence-electron chi connectivity index (χ0n) is 13.0. The third kappa shape index (κ3) is 2.24. The minimum Gasteiger partial charge on any atom is -0.393 e. The van der Waals surface area contributed by atoms with Crippen LogP contribution in [0.2, 0.25) is 0 Å². The van der Waals surface area contributed by atoms with Crippen molar-refractivity contribution in [2.45, 2.75) is 79.2 Å². The van der Waals surface area contributed by atoms with Crippen molar-refractivity contribution >= 4 is 0 Å².